The number of nitriles is 1. The molecule has 2 aliphatic rings. The van der Waals surface area contributed by atoms with Crippen molar-refractivity contribution in [2.45, 2.75) is 25.8 Å². The van der Waals surface area contributed by atoms with Gasteiger partial charge in [0.25, 0.3) is 0 Å². The molecular formula is C16H19N3. The zero-order valence-corrected chi connectivity index (χ0v) is 11.3. The Hall–Kier alpha value is -1.79. The van der Waals surface area contributed by atoms with Crippen LogP contribution in [0.25, 0.3) is 6.08 Å². The van der Waals surface area contributed by atoms with Crippen LogP contribution >= 0.6 is 0 Å². The number of allylic oxidation sites excluding steroid dienone is 1. The SMILES string of the molecule is CC1CNCCN1c1cccc2c1C=C(C#N)CC2. The molecule has 0 bridgehead atoms. The van der Waals surface area contributed by atoms with Crippen LogP contribution in [0.15, 0.2) is 23.8 Å². The summed E-state index contributed by atoms with van der Waals surface area (Å²) < 4.78 is 0. The normalized spacial score (nSPS) is 22.4. The molecule has 0 saturated carbocycles. The average Bonchev–Trinajstić information content (AvgIpc) is 2.47. The molecule has 3 heteroatoms. The number of hydrogen-bond donors (Lipinski definition) is 1. The Morgan fingerprint density at radius 3 is 3.05 bits per heavy atom. The number of benzene rings is 1. The maximum absolute atomic E-state index is 9.13. The lowest BCUT2D eigenvalue weighted by atomic mass is 9.91. The third-order valence-electron chi connectivity index (χ3n) is 4.11. The van der Waals surface area contributed by atoms with Crippen LogP contribution in [0.5, 0.6) is 0 Å². The van der Waals surface area contributed by atoms with Crippen LogP contribution in [-0.2, 0) is 6.42 Å². The zero-order valence-electron chi connectivity index (χ0n) is 11.3. The van der Waals surface area contributed by atoms with E-state index in [4.69, 9.17) is 5.26 Å². The van der Waals surface area contributed by atoms with E-state index < -0.39 is 0 Å². The third-order valence-corrected chi connectivity index (χ3v) is 4.11. The molecule has 0 radical (unpaired) electrons. The van der Waals surface area contributed by atoms with E-state index in [9.17, 15) is 0 Å². The van der Waals surface area contributed by atoms with Crippen molar-refractivity contribution >= 4 is 11.8 Å². The van der Waals surface area contributed by atoms with Gasteiger partial charge in [-0.3, -0.25) is 0 Å². The quantitative estimate of drug-likeness (QED) is 0.835. The van der Waals surface area contributed by atoms with Gasteiger partial charge >= 0.3 is 0 Å². The second kappa shape index (κ2) is 5.07. The van der Waals surface area contributed by atoms with Gasteiger partial charge in [-0.05, 0) is 37.5 Å². The summed E-state index contributed by atoms with van der Waals surface area (Å²) in [7, 11) is 0. The smallest absolute Gasteiger partial charge is 0.0947 e. The molecule has 0 amide bonds. The fourth-order valence-corrected chi connectivity index (χ4v) is 3.04. The van der Waals surface area contributed by atoms with Crippen LogP contribution in [-0.4, -0.2) is 25.7 Å². The highest BCUT2D eigenvalue weighted by Gasteiger charge is 2.22. The van der Waals surface area contributed by atoms with Crippen LogP contribution in [0.4, 0.5) is 5.69 Å². The molecule has 1 unspecified atom stereocenters. The lowest BCUT2D eigenvalue weighted by Crippen LogP contribution is -2.50. The molecule has 1 heterocycles. The molecule has 1 aliphatic heterocycles. The number of nitrogens with zero attached hydrogens (tertiary/aromatic N) is 2. The Morgan fingerprint density at radius 1 is 1.37 bits per heavy atom. The predicted molar refractivity (Wildman–Crippen MR) is 78.0 cm³/mol. The van der Waals surface area contributed by atoms with Crippen molar-refractivity contribution in [2.24, 2.45) is 0 Å². The molecule has 0 aromatic heterocycles. The molecule has 1 aromatic carbocycles. The van der Waals surface area contributed by atoms with Gasteiger partial charge in [-0.15, -0.1) is 0 Å². The van der Waals surface area contributed by atoms with E-state index in [0.717, 1.165) is 38.0 Å². The maximum atomic E-state index is 9.13. The van der Waals surface area contributed by atoms with Crippen molar-refractivity contribution in [3.05, 3.63) is 34.9 Å². The first-order valence-electron chi connectivity index (χ1n) is 6.99. The van der Waals surface area contributed by atoms with Gasteiger partial charge in [0.1, 0.15) is 0 Å². The van der Waals surface area contributed by atoms with E-state index in [1.165, 1.54) is 16.8 Å². The molecule has 1 aromatic rings. The molecule has 1 atom stereocenters. The summed E-state index contributed by atoms with van der Waals surface area (Å²) in [5.74, 6) is 0. The largest absolute Gasteiger partial charge is 0.366 e. The van der Waals surface area contributed by atoms with E-state index in [1.807, 2.05) is 0 Å². The molecule has 1 saturated heterocycles. The highest BCUT2D eigenvalue weighted by Crippen LogP contribution is 2.33. The van der Waals surface area contributed by atoms with Gasteiger partial charge in [0.05, 0.1) is 6.07 Å². The number of piperazine rings is 1. The Labute approximate surface area is 114 Å². The molecule has 1 N–H and O–H groups in total. The molecule has 3 nitrogen and oxygen atoms in total. The second-order valence-electron chi connectivity index (χ2n) is 5.38. The molecular weight excluding hydrogens is 234 g/mol. The van der Waals surface area contributed by atoms with Gasteiger partial charge < -0.3 is 10.2 Å². The number of nitrogens with one attached hydrogen (secondary N) is 1. The van der Waals surface area contributed by atoms with Crippen LogP contribution in [0.3, 0.4) is 0 Å². The Bertz CT molecular complexity index is 554. The van der Waals surface area contributed by atoms with E-state index in [-0.39, 0.29) is 0 Å². The Balaban J connectivity index is 2.04. The number of fused-ring (bicyclic) bond motifs is 1. The van der Waals surface area contributed by atoms with Crippen molar-refractivity contribution in [2.75, 3.05) is 24.5 Å². The topological polar surface area (TPSA) is 39.1 Å². The van der Waals surface area contributed by atoms with Gasteiger partial charge in [0, 0.05) is 42.5 Å². The number of anilines is 1. The first-order chi connectivity index (χ1) is 9.29. The summed E-state index contributed by atoms with van der Waals surface area (Å²) in [5.41, 5.74) is 4.84. The maximum Gasteiger partial charge on any atom is 0.0947 e. The minimum Gasteiger partial charge on any atom is -0.366 e. The molecule has 98 valence electrons. The summed E-state index contributed by atoms with van der Waals surface area (Å²) >= 11 is 0. The van der Waals surface area contributed by atoms with Crippen molar-refractivity contribution in [3.8, 4) is 6.07 Å². The van der Waals surface area contributed by atoms with Crippen molar-refractivity contribution < 1.29 is 0 Å². The Kier molecular flexibility index (Phi) is 3.27. The highest BCUT2D eigenvalue weighted by atomic mass is 15.2. The van der Waals surface area contributed by atoms with E-state index in [1.54, 1.807) is 0 Å². The standard InChI is InChI=1S/C16H19N3/c1-12-11-18-7-8-19(12)16-4-2-3-14-6-5-13(10-17)9-15(14)16/h2-4,9,12,18H,5-8,11H2,1H3. The minimum absolute atomic E-state index is 0.501. The van der Waals surface area contributed by atoms with Crippen molar-refractivity contribution in [1.82, 2.24) is 5.32 Å². The van der Waals surface area contributed by atoms with Crippen LogP contribution < -0.4 is 10.2 Å². The fraction of sp³-hybridized carbons (Fsp3) is 0.438. The van der Waals surface area contributed by atoms with Gasteiger partial charge in [0.15, 0.2) is 0 Å². The summed E-state index contributed by atoms with van der Waals surface area (Å²) in [5, 5.41) is 12.6. The van der Waals surface area contributed by atoms with Gasteiger partial charge in [-0.2, -0.15) is 5.26 Å². The van der Waals surface area contributed by atoms with Crippen LogP contribution in [0.2, 0.25) is 0 Å². The molecule has 1 fully saturated rings. The number of aryl methyl sites for hydroxylation is 1. The third kappa shape index (κ3) is 2.24. The van der Waals surface area contributed by atoms with Gasteiger partial charge in [-0.1, -0.05) is 12.1 Å². The average molecular weight is 253 g/mol. The lowest BCUT2D eigenvalue weighted by Gasteiger charge is -2.37. The number of hydrogen-bond acceptors (Lipinski definition) is 3. The molecule has 19 heavy (non-hydrogen) atoms. The molecule has 3 rings (SSSR count). The second-order valence-corrected chi connectivity index (χ2v) is 5.38. The number of rotatable bonds is 1. The van der Waals surface area contributed by atoms with Crippen LogP contribution in [0.1, 0.15) is 24.5 Å². The fourth-order valence-electron chi connectivity index (χ4n) is 3.04. The summed E-state index contributed by atoms with van der Waals surface area (Å²) in [6.07, 6.45) is 3.95. The molecule has 0 spiro atoms. The summed E-state index contributed by atoms with van der Waals surface area (Å²) in [4.78, 5) is 2.46. The monoisotopic (exact) mass is 253 g/mol. The highest BCUT2D eigenvalue weighted by molar-refractivity contribution is 5.75. The Morgan fingerprint density at radius 2 is 2.26 bits per heavy atom. The van der Waals surface area contributed by atoms with E-state index >= 15 is 0 Å². The van der Waals surface area contributed by atoms with E-state index in [0.29, 0.717) is 6.04 Å². The first kappa shape index (κ1) is 12.3. The predicted octanol–water partition coefficient (Wildman–Crippen LogP) is 2.34. The molecule has 1 aliphatic carbocycles. The van der Waals surface area contributed by atoms with Gasteiger partial charge in [0.2, 0.25) is 0 Å². The van der Waals surface area contributed by atoms with E-state index in [2.05, 4.69) is 47.5 Å². The van der Waals surface area contributed by atoms with Gasteiger partial charge in [-0.25, -0.2) is 0 Å². The first-order valence-corrected chi connectivity index (χ1v) is 6.99. The minimum atomic E-state index is 0.501. The van der Waals surface area contributed by atoms with Crippen molar-refractivity contribution in [3.63, 3.8) is 0 Å². The van der Waals surface area contributed by atoms with Crippen LogP contribution in [0, 0.1) is 11.3 Å². The zero-order chi connectivity index (χ0) is 13.2. The summed E-state index contributed by atoms with van der Waals surface area (Å²) in [6, 6.07) is 9.35. The summed E-state index contributed by atoms with van der Waals surface area (Å²) in [6.45, 7) is 5.35. The lowest BCUT2D eigenvalue weighted by molar-refractivity contribution is 0.500. The van der Waals surface area contributed by atoms with Crippen molar-refractivity contribution in [1.29, 1.82) is 5.26 Å².